The van der Waals surface area contributed by atoms with Gasteiger partial charge in [-0.3, -0.25) is 4.79 Å². The smallest absolute Gasteiger partial charge is 0.227 e. The highest BCUT2D eigenvalue weighted by atomic mass is 16.5. The first-order valence-corrected chi connectivity index (χ1v) is 7.88. The second kappa shape index (κ2) is 8.03. The van der Waals surface area contributed by atoms with Crippen LogP contribution in [0.1, 0.15) is 31.7 Å². The van der Waals surface area contributed by atoms with Gasteiger partial charge in [-0.05, 0) is 38.4 Å². The summed E-state index contributed by atoms with van der Waals surface area (Å²) in [6.45, 7) is 4.99. The third kappa shape index (κ3) is 4.21. The number of hydrogen-bond acceptors (Lipinski definition) is 3. The lowest BCUT2D eigenvalue weighted by Crippen LogP contribution is -2.47. The molecule has 0 aromatic heterocycles. The molecule has 0 bridgehead atoms. The van der Waals surface area contributed by atoms with Crippen molar-refractivity contribution in [3.63, 3.8) is 0 Å². The van der Waals surface area contributed by atoms with Crippen molar-refractivity contribution in [1.82, 2.24) is 10.2 Å². The summed E-state index contributed by atoms with van der Waals surface area (Å²) < 4.78 is 5.35. The van der Waals surface area contributed by atoms with Crippen molar-refractivity contribution in [3.05, 3.63) is 29.8 Å². The minimum Gasteiger partial charge on any atom is -0.496 e. The van der Waals surface area contributed by atoms with Gasteiger partial charge in [-0.15, -0.1) is 0 Å². The Morgan fingerprint density at radius 3 is 2.71 bits per heavy atom. The summed E-state index contributed by atoms with van der Waals surface area (Å²) in [6.07, 6.45) is 3.53. The molecule has 1 N–H and O–H groups in total. The van der Waals surface area contributed by atoms with Gasteiger partial charge in [0.2, 0.25) is 5.91 Å². The first kappa shape index (κ1) is 15.8. The van der Waals surface area contributed by atoms with Crippen molar-refractivity contribution < 1.29 is 9.53 Å². The summed E-state index contributed by atoms with van der Waals surface area (Å²) in [5.41, 5.74) is 0.972. The molecule has 1 aliphatic heterocycles. The highest BCUT2D eigenvalue weighted by Gasteiger charge is 2.25. The average Bonchev–Trinajstić information content (AvgIpc) is 2.53. The quantitative estimate of drug-likeness (QED) is 0.873. The van der Waals surface area contributed by atoms with E-state index < -0.39 is 0 Å². The summed E-state index contributed by atoms with van der Waals surface area (Å²) in [7, 11) is 1.65. The Bertz CT molecular complexity index is 456. The fourth-order valence-corrected chi connectivity index (χ4v) is 2.98. The van der Waals surface area contributed by atoms with Crippen molar-refractivity contribution >= 4 is 5.91 Å². The molecule has 1 aromatic carbocycles. The molecule has 0 aliphatic carbocycles. The SMILES string of the molecule is CCCN(C(=O)Cc1ccccc1OC)C1CCNCC1. The molecule has 1 heterocycles. The summed E-state index contributed by atoms with van der Waals surface area (Å²) in [5, 5.41) is 3.36. The number of carbonyl (C=O) groups is 1. The summed E-state index contributed by atoms with van der Waals surface area (Å²) in [5.74, 6) is 1.01. The Labute approximate surface area is 127 Å². The van der Waals surface area contributed by atoms with Gasteiger partial charge in [-0.2, -0.15) is 0 Å². The van der Waals surface area contributed by atoms with Crippen molar-refractivity contribution in [2.75, 3.05) is 26.7 Å². The zero-order valence-electron chi connectivity index (χ0n) is 13.1. The number of nitrogens with zero attached hydrogens (tertiary/aromatic N) is 1. The number of methoxy groups -OCH3 is 1. The molecule has 0 unspecified atom stereocenters. The van der Waals surface area contributed by atoms with Gasteiger partial charge in [0.25, 0.3) is 0 Å². The third-order valence-electron chi connectivity index (χ3n) is 4.07. The first-order chi connectivity index (χ1) is 10.3. The van der Waals surface area contributed by atoms with Crippen LogP contribution in [0.3, 0.4) is 0 Å². The van der Waals surface area contributed by atoms with Crippen LogP contribution in [0.5, 0.6) is 5.75 Å². The van der Waals surface area contributed by atoms with Gasteiger partial charge in [-0.25, -0.2) is 0 Å². The number of carbonyl (C=O) groups excluding carboxylic acids is 1. The number of nitrogens with one attached hydrogen (secondary N) is 1. The second-order valence-corrected chi connectivity index (χ2v) is 5.56. The Kier molecular flexibility index (Phi) is 6.05. The van der Waals surface area contributed by atoms with Crippen molar-refractivity contribution in [3.8, 4) is 5.75 Å². The first-order valence-electron chi connectivity index (χ1n) is 7.88. The van der Waals surface area contributed by atoms with E-state index in [1.807, 2.05) is 24.3 Å². The van der Waals surface area contributed by atoms with E-state index in [9.17, 15) is 4.79 Å². The van der Waals surface area contributed by atoms with Crippen LogP contribution in [-0.4, -0.2) is 43.6 Å². The number of ether oxygens (including phenoxy) is 1. The van der Waals surface area contributed by atoms with Crippen LogP contribution in [0.15, 0.2) is 24.3 Å². The maximum absolute atomic E-state index is 12.7. The molecule has 1 aliphatic rings. The number of amides is 1. The lowest BCUT2D eigenvalue weighted by Gasteiger charge is -2.34. The summed E-state index contributed by atoms with van der Waals surface area (Å²) in [4.78, 5) is 14.8. The lowest BCUT2D eigenvalue weighted by molar-refractivity contribution is -0.133. The average molecular weight is 290 g/mol. The van der Waals surface area contributed by atoms with Crippen LogP contribution in [0, 0.1) is 0 Å². The van der Waals surface area contributed by atoms with Gasteiger partial charge in [-0.1, -0.05) is 25.1 Å². The molecule has 0 saturated carbocycles. The van der Waals surface area contributed by atoms with Gasteiger partial charge in [0.1, 0.15) is 5.75 Å². The molecule has 0 atom stereocenters. The standard InChI is InChI=1S/C17H26N2O2/c1-3-12-19(15-8-10-18-11-9-15)17(20)13-14-6-4-5-7-16(14)21-2/h4-7,15,18H,3,8-13H2,1-2H3. The van der Waals surface area contributed by atoms with E-state index in [0.29, 0.717) is 12.5 Å². The van der Waals surface area contributed by atoms with Crippen molar-refractivity contribution in [2.24, 2.45) is 0 Å². The zero-order valence-corrected chi connectivity index (χ0v) is 13.1. The van der Waals surface area contributed by atoms with E-state index in [2.05, 4.69) is 17.1 Å². The van der Waals surface area contributed by atoms with Gasteiger partial charge in [0, 0.05) is 18.2 Å². The van der Waals surface area contributed by atoms with E-state index in [1.165, 1.54) is 0 Å². The molecule has 0 spiro atoms. The number of piperidine rings is 1. The highest BCUT2D eigenvalue weighted by molar-refractivity contribution is 5.79. The topological polar surface area (TPSA) is 41.6 Å². The van der Waals surface area contributed by atoms with E-state index in [1.54, 1.807) is 7.11 Å². The Hall–Kier alpha value is -1.55. The molecule has 116 valence electrons. The zero-order chi connectivity index (χ0) is 15.1. The fraction of sp³-hybridized carbons (Fsp3) is 0.588. The van der Waals surface area contributed by atoms with Crippen molar-refractivity contribution in [2.45, 2.75) is 38.6 Å². The molecule has 1 amide bonds. The van der Waals surface area contributed by atoms with Crippen LogP contribution in [0.2, 0.25) is 0 Å². The van der Waals surface area contributed by atoms with E-state index in [4.69, 9.17) is 4.74 Å². The van der Waals surface area contributed by atoms with Gasteiger partial charge >= 0.3 is 0 Å². The van der Waals surface area contributed by atoms with Crippen LogP contribution in [-0.2, 0) is 11.2 Å². The molecular weight excluding hydrogens is 264 g/mol. The number of hydrogen-bond donors (Lipinski definition) is 1. The molecule has 2 rings (SSSR count). The van der Waals surface area contributed by atoms with Crippen LogP contribution in [0.25, 0.3) is 0 Å². The molecule has 0 radical (unpaired) electrons. The van der Waals surface area contributed by atoms with Crippen molar-refractivity contribution in [1.29, 1.82) is 0 Å². The minimum absolute atomic E-state index is 0.216. The highest BCUT2D eigenvalue weighted by Crippen LogP contribution is 2.20. The van der Waals surface area contributed by atoms with Crippen LogP contribution in [0.4, 0.5) is 0 Å². The van der Waals surface area contributed by atoms with Crippen LogP contribution < -0.4 is 10.1 Å². The fourth-order valence-electron chi connectivity index (χ4n) is 2.98. The lowest BCUT2D eigenvalue weighted by atomic mass is 10.0. The summed E-state index contributed by atoms with van der Waals surface area (Å²) in [6, 6.07) is 8.16. The van der Waals surface area contributed by atoms with Gasteiger partial charge in [0.15, 0.2) is 0 Å². The molecular formula is C17H26N2O2. The second-order valence-electron chi connectivity index (χ2n) is 5.56. The third-order valence-corrected chi connectivity index (χ3v) is 4.07. The number of rotatable bonds is 6. The molecule has 1 saturated heterocycles. The monoisotopic (exact) mass is 290 g/mol. The minimum atomic E-state index is 0.216. The largest absolute Gasteiger partial charge is 0.496 e. The molecule has 1 fully saturated rings. The number of benzene rings is 1. The van der Waals surface area contributed by atoms with E-state index in [0.717, 1.165) is 50.2 Å². The van der Waals surface area contributed by atoms with Crippen LogP contribution >= 0.6 is 0 Å². The maximum Gasteiger partial charge on any atom is 0.227 e. The predicted molar refractivity (Wildman–Crippen MR) is 84.6 cm³/mol. The Morgan fingerprint density at radius 2 is 2.05 bits per heavy atom. The molecule has 21 heavy (non-hydrogen) atoms. The molecule has 4 heteroatoms. The van der Waals surface area contributed by atoms with Gasteiger partial charge < -0.3 is 15.0 Å². The Balaban J connectivity index is 2.07. The molecule has 4 nitrogen and oxygen atoms in total. The van der Waals surface area contributed by atoms with Gasteiger partial charge in [0.05, 0.1) is 13.5 Å². The van der Waals surface area contributed by atoms with E-state index >= 15 is 0 Å². The predicted octanol–water partition coefficient (Wildman–Crippen LogP) is 2.23. The number of para-hydroxylation sites is 1. The maximum atomic E-state index is 12.7. The molecule has 1 aromatic rings. The normalized spacial score (nSPS) is 15.7. The van der Waals surface area contributed by atoms with E-state index in [-0.39, 0.29) is 5.91 Å². The Morgan fingerprint density at radius 1 is 1.33 bits per heavy atom. The summed E-state index contributed by atoms with van der Waals surface area (Å²) >= 11 is 0.